The van der Waals surface area contributed by atoms with Gasteiger partial charge in [0, 0.05) is 0 Å². The molecule has 0 aliphatic carbocycles. The zero-order chi connectivity index (χ0) is 16.9. The lowest BCUT2D eigenvalue weighted by atomic mass is 10.0. The molecule has 0 radical (unpaired) electrons. The second kappa shape index (κ2) is 7.36. The smallest absolute Gasteiger partial charge is 0.332 e. The van der Waals surface area contributed by atoms with Gasteiger partial charge in [0.1, 0.15) is 18.9 Å². The monoisotopic (exact) mass is 338 g/mol. The highest BCUT2D eigenvalue weighted by molar-refractivity contribution is 8.00. The SMILES string of the molecule is CC(COc1ccccc1)(NC(=O)CN1CSCC1=O)C(=O)O. The number of carbonyl (C=O) groups excluding carboxylic acids is 2. The first kappa shape index (κ1) is 17.1. The molecule has 1 aromatic rings. The van der Waals surface area contributed by atoms with Crippen LogP contribution in [-0.2, 0) is 14.4 Å². The summed E-state index contributed by atoms with van der Waals surface area (Å²) in [5, 5.41) is 11.8. The average molecular weight is 338 g/mol. The summed E-state index contributed by atoms with van der Waals surface area (Å²) in [6.07, 6.45) is 0. The second-order valence-electron chi connectivity index (χ2n) is 5.36. The van der Waals surface area contributed by atoms with Crippen LogP contribution in [-0.4, -0.2) is 58.1 Å². The van der Waals surface area contributed by atoms with Gasteiger partial charge in [-0.3, -0.25) is 9.59 Å². The van der Waals surface area contributed by atoms with Crippen LogP contribution in [0.4, 0.5) is 0 Å². The molecule has 7 nitrogen and oxygen atoms in total. The highest BCUT2D eigenvalue weighted by Crippen LogP contribution is 2.15. The maximum Gasteiger partial charge on any atom is 0.332 e. The molecular formula is C15H18N2O5S. The van der Waals surface area contributed by atoms with E-state index in [9.17, 15) is 19.5 Å². The number of benzene rings is 1. The molecule has 1 atom stereocenters. The van der Waals surface area contributed by atoms with E-state index in [1.165, 1.54) is 23.6 Å². The third kappa shape index (κ3) is 4.62. The molecule has 0 saturated carbocycles. The molecule has 1 unspecified atom stereocenters. The van der Waals surface area contributed by atoms with Crippen molar-refractivity contribution in [2.45, 2.75) is 12.5 Å². The maximum absolute atomic E-state index is 12.0. The van der Waals surface area contributed by atoms with Crippen molar-refractivity contribution >= 4 is 29.5 Å². The normalized spacial score (nSPS) is 16.7. The average Bonchev–Trinajstić information content (AvgIpc) is 2.91. The molecule has 1 saturated heterocycles. The Bertz CT molecular complexity index is 595. The van der Waals surface area contributed by atoms with Crippen LogP contribution in [0.2, 0.25) is 0 Å². The Balaban J connectivity index is 1.94. The number of nitrogens with zero attached hydrogens (tertiary/aromatic N) is 1. The molecule has 1 heterocycles. The highest BCUT2D eigenvalue weighted by Gasteiger charge is 2.37. The Morgan fingerprint density at radius 1 is 1.39 bits per heavy atom. The Morgan fingerprint density at radius 2 is 2.09 bits per heavy atom. The Kier molecular flexibility index (Phi) is 5.49. The maximum atomic E-state index is 12.0. The van der Waals surface area contributed by atoms with E-state index in [-0.39, 0.29) is 19.1 Å². The van der Waals surface area contributed by atoms with Crippen LogP contribution in [0.1, 0.15) is 6.92 Å². The predicted molar refractivity (Wildman–Crippen MR) is 85.2 cm³/mol. The van der Waals surface area contributed by atoms with Crippen LogP contribution in [0.15, 0.2) is 30.3 Å². The molecular weight excluding hydrogens is 320 g/mol. The van der Waals surface area contributed by atoms with Gasteiger partial charge in [-0.25, -0.2) is 4.79 Å². The van der Waals surface area contributed by atoms with Gasteiger partial charge in [-0.05, 0) is 19.1 Å². The number of carbonyl (C=O) groups is 3. The summed E-state index contributed by atoms with van der Waals surface area (Å²) in [7, 11) is 0. The number of ether oxygens (including phenoxy) is 1. The van der Waals surface area contributed by atoms with Crippen molar-refractivity contribution in [3.63, 3.8) is 0 Å². The molecule has 1 aromatic carbocycles. The summed E-state index contributed by atoms with van der Waals surface area (Å²) in [6, 6.07) is 8.75. The van der Waals surface area contributed by atoms with E-state index >= 15 is 0 Å². The standard InChI is InChI=1S/C15H18N2O5S/c1-15(14(20)21,9-22-11-5-3-2-4-6-11)16-12(18)7-17-10-23-8-13(17)19/h2-6H,7-10H2,1H3,(H,16,18)(H,20,21). The number of nitrogens with one attached hydrogen (secondary N) is 1. The third-order valence-electron chi connectivity index (χ3n) is 3.32. The number of hydrogen-bond donors (Lipinski definition) is 2. The van der Waals surface area contributed by atoms with Gasteiger partial charge in [0.25, 0.3) is 0 Å². The van der Waals surface area contributed by atoms with Crippen molar-refractivity contribution in [3.8, 4) is 5.75 Å². The van der Waals surface area contributed by atoms with E-state index in [1.807, 2.05) is 6.07 Å². The highest BCUT2D eigenvalue weighted by atomic mass is 32.2. The minimum Gasteiger partial charge on any atom is -0.491 e. The molecule has 124 valence electrons. The molecule has 0 spiro atoms. The van der Waals surface area contributed by atoms with Gasteiger partial charge in [0.15, 0.2) is 5.54 Å². The van der Waals surface area contributed by atoms with Gasteiger partial charge < -0.3 is 20.1 Å². The van der Waals surface area contributed by atoms with Gasteiger partial charge in [0.2, 0.25) is 11.8 Å². The molecule has 0 aromatic heterocycles. The lowest BCUT2D eigenvalue weighted by Gasteiger charge is -2.27. The van der Waals surface area contributed by atoms with E-state index < -0.39 is 17.4 Å². The molecule has 1 aliphatic rings. The van der Waals surface area contributed by atoms with Crippen LogP contribution in [0.3, 0.4) is 0 Å². The molecule has 2 N–H and O–H groups in total. The lowest BCUT2D eigenvalue weighted by molar-refractivity contribution is -0.148. The van der Waals surface area contributed by atoms with Gasteiger partial charge in [-0.15, -0.1) is 11.8 Å². The van der Waals surface area contributed by atoms with Gasteiger partial charge in [-0.1, -0.05) is 18.2 Å². The summed E-state index contributed by atoms with van der Waals surface area (Å²) < 4.78 is 5.44. The largest absolute Gasteiger partial charge is 0.491 e. The quantitative estimate of drug-likeness (QED) is 0.754. The van der Waals surface area contributed by atoms with Gasteiger partial charge in [0.05, 0.1) is 11.6 Å². The number of carboxylic acids is 1. The summed E-state index contributed by atoms with van der Waals surface area (Å²) in [6.45, 7) is 0.998. The zero-order valence-electron chi connectivity index (χ0n) is 12.7. The zero-order valence-corrected chi connectivity index (χ0v) is 13.5. The van der Waals surface area contributed by atoms with Crippen molar-refractivity contribution in [2.24, 2.45) is 0 Å². The molecule has 1 aliphatic heterocycles. The van der Waals surface area contributed by atoms with Crippen LogP contribution in [0, 0.1) is 0 Å². The van der Waals surface area contributed by atoms with Crippen molar-refractivity contribution < 1.29 is 24.2 Å². The fourth-order valence-corrected chi connectivity index (χ4v) is 2.86. The van der Waals surface area contributed by atoms with E-state index in [0.29, 0.717) is 17.4 Å². The first-order valence-corrected chi connectivity index (χ1v) is 8.14. The molecule has 2 amide bonds. The van der Waals surface area contributed by atoms with Gasteiger partial charge in [-0.2, -0.15) is 0 Å². The fraction of sp³-hybridized carbons (Fsp3) is 0.400. The Morgan fingerprint density at radius 3 is 2.65 bits per heavy atom. The fourth-order valence-electron chi connectivity index (χ4n) is 1.96. The van der Waals surface area contributed by atoms with Gasteiger partial charge >= 0.3 is 5.97 Å². The number of thioether (sulfide) groups is 1. The van der Waals surface area contributed by atoms with E-state index in [1.54, 1.807) is 24.3 Å². The molecule has 1 fully saturated rings. The molecule has 8 heteroatoms. The minimum absolute atomic E-state index is 0.122. The Hall–Kier alpha value is -2.22. The number of rotatable bonds is 7. The summed E-state index contributed by atoms with van der Waals surface area (Å²) in [4.78, 5) is 36.4. The topological polar surface area (TPSA) is 95.9 Å². The Labute approximate surface area is 138 Å². The van der Waals surface area contributed by atoms with Crippen molar-refractivity contribution in [1.29, 1.82) is 0 Å². The van der Waals surface area contributed by atoms with Crippen molar-refractivity contribution in [3.05, 3.63) is 30.3 Å². The number of amides is 2. The summed E-state index contributed by atoms with van der Waals surface area (Å²) in [5.74, 6) is -0.550. The lowest BCUT2D eigenvalue weighted by Crippen LogP contribution is -2.58. The van der Waals surface area contributed by atoms with Crippen LogP contribution < -0.4 is 10.1 Å². The molecule has 23 heavy (non-hydrogen) atoms. The van der Waals surface area contributed by atoms with E-state index in [0.717, 1.165) is 0 Å². The summed E-state index contributed by atoms with van der Waals surface area (Å²) >= 11 is 1.42. The van der Waals surface area contributed by atoms with E-state index in [2.05, 4.69) is 5.32 Å². The molecule has 2 rings (SSSR count). The number of carboxylic acid groups (broad SMARTS) is 1. The van der Waals surface area contributed by atoms with Crippen molar-refractivity contribution in [1.82, 2.24) is 10.2 Å². The van der Waals surface area contributed by atoms with Crippen LogP contribution >= 0.6 is 11.8 Å². The second-order valence-corrected chi connectivity index (χ2v) is 6.31. The van der Waals surface area contributed by atoms with Crippen molar-refractivity contribution in [2.75, 3.05) is 24.8 Å². The number of aliphatic carboxylic acids is 1. The first-order chi connectivity index (χ1) is 10.9. The molecule has 0 bridgehead atoms. The predicted octanol–water partition coefficient (Wildman–Crippen LogP) is 0.558. The number of para-hydroxylation sites is 1. The van der Waals surface area contributed by atoms with E-state index in [4.69, 9.17) is 4.74 Å². The van der Waals surface area contributed by atoms with Crippen LogP contribution in [0.25, 0.3) is 0 Å². The van der Waals surface area contributed by atoms with Crippen LogP contribution in [0.5, 0.6) is 5.75 Å². The first-order valence-electron chi connectivity index (χ1n) is 6.98. The third-order valence-corrected chi connectivity index (χ3v) is 4.26. The summed E-state index contributed by atoms with van der Waals surface area (Å²) in [5.41, 5.74) is -1.58. The number of hydrogen-bond acceptors (Lipinski definition) is 5. The minimum atomic E-state index is -1.58.